The number of aromatic nitrogens is 3. The van der Waals surface area contributed by atoms with Crippen LogP contribution in [0.4, 0.5) is 4.79 Å². The molecule has 2 aromatic heterocycles. The summed E-state index contributed by atoms with van der Waals surface area (Å²) in [6.45, 7) is 4.86. The molecule has 120 valence electrons. The quantitative estimate of drug-likeness (QED) is 0.779. The fourth-order valence-electron chi connectivity index (χ4n) is 3.44. The highest BCUT2D eigenvalue weighted by Crippen LogP contribution is 2.31. The molecule has 5 nitrogen and oxygen atoms in total. The molecule has 0 spiro atoms. The number of rotatable bonds is 2. The van der Waals surface area contributed by atoms with Gasteiger partial charge in [-0.1, -0.05) is 18.2 Å². The van der Waals surface area contributed by atoms with Gasteiger partial charge in [-0.25, -0.2) is 9.78 Å². The molecule has 0 fully saturated rings. The molecule has 0 aliphatic carbocycles. The minimum atomic E-state index is -0.0339. The van der Waals surface area contributed by atoms with Crippen molar-refractivity contribution in [1.82, 2.24) is 19.4 Å². The minimum Gasteiger partial charge on any atom is -0.351 e. The molecule has 1 atom stereocenters. The summed E-state index contributed by atoms with van der Waals surface area (Å²) in [6, 6.07) is 8.13. The van der Waals surface area contributed by atoms with Gasteiger partial charge in [0.05, 0.1) is 23.6 Å². The van der Waals surface area contributed by atoms with Crippen LogP contribution >= 0.6 is 12.4 Å². The van der Waals surface area contributed by atoms with Crippen molar-refractivity contribution in [2.75, 3.05) is 6.54 Å². The summed E-state index contributed by atoms with van der Waals surface area (Å²) in [6.07, 6.45) is 4.38. The number of fused-ring (bicyclic) bond motifs is 3. The molecule has 4 rings (SSSR count). The summed E-state index contributed by atoms with van der Waals surface area (Å²) < 4.78 is 1.87. The van der Waals surface area contributed by atoms with Gasteiger partial charge in [0, 0.05) is 30.2 Å². The first-order valence-electron chi connectivity index (χ1n) is 7.57. The SMILES string of the molecule is Cc1c2n(c3ccccc13)C(=O)N(C(C)c1c[nH]cn1)CC2.Cl. The van der Waals surface area contributed by atoms with Gasteiger partial charge in [0.25, 0.3) is 0 Å². The summed E-state index contributed by atoms with van der Waals surface area (Å²) in [4.78, 5) is 22.2. The standard InChI is InChI=1S/C17H18N4O.ClH/c1-11-13-5-3-4-6-16(13)21-15(11)7-8-20(17(21)22)12(2)14-9-18-10-19-14;/h3-6,9-10,12H,7-8H2,1-2H3,(H,18,19);1H. The summed E-state index contributed by atoms with van der Waals surface area (Å²) in [7, 11) is 0. The lowest BCUT2D eigenvalue weighted by atomic mass is 10.1. The molecule has 6 heteroatoms. The van der Waals surface area contributed by atoms with Gasteiger partial charge < -0.3 is 9.88 Å². The Hall–Kier alpha value is -2.27. The Bertz CT molecular complexity index is 853. The van der Waals surface area contributed by atoms with Crippen molar-refractivity contribution in [3.05, 3.63) is 53.7 Å². The third-order valence-corrected chi connectivity index (χ3v) is 4.69. The summed E-state index contributed by atoms with van der Waals surface area (Å²) in [5.74, 6) is 0. The van der Waals surface area contributed by atoms with Crippen LogP contribution in [0.15, 0.2) is 36.8 Å². The van der Waals surface area contributed by atoms with Crippen LogP contribution in [0.1, 0.15) is 29.9 Å². The van der Waals surface area contributed by atoms with Crippen molar-refractivity contribution in [2.45, 2.75) is 26.3 Å². The topological polar surface area (TPSA) is 53.9 Å². The zero-order valence-corrected chi connectivity index (χ0v) is 13.9. The van der Waals surface area contributed by atoms with Gasteiger partial charge in [-0.3, -0.25) is 4.57 Å². The number of imidazole rings is 1. The van der Waals surface area contributed by atoms with Crippen LogP contribution in [0.5, 0.6) is 0 Å². The second-order valence-electron chi connectivity index (χ2n) is 5.82. The number of H-pyrrole nitrogens is 1. The highest BCUT2D eigenvalue weighted by molar-refractivity contribution is 5.96. The van der Waals surface area contributed by atoms with Crippen molar-refractivity contribution in [2.24, 2.45) is 0 Å². The molecule has 0 radical (unpaired) electrons. The molecule has 1 unspecified atom stereocenters. The number of hydrogen-bond acceptors (Lipinski definition) is 2. The van der Waals surface area contributed by atoms with E-state index in [1.54, 1.807) is 6.33 Å². The molecular formula is C17H19ClN4O. The van der Waals surface area contributed by atoms with Crippen molar-refractivity contribution in [3.8, 4) is 0 Å². The Morgan fingerprint density at radius 1 is 1.30 bits per heavy atom. The van der Waals surface area contributed by atoms with Crippen molar-refractivity contribution >= 4 is 29.3 Å². The molecular weight excluding hydrogens is 312 g/mol. The number of hydrogen-bond donors (Lipinski definition) is 1. The third-order valence-electron chi connectivity index (χ3n) is 4.69. The first kappa shape index (κ1) is 15.6. The van der Waals surface area contributed by atoms with Gasteiger partial charge in [-0.2, -0.15) is 0 Å². The van der Waals surface area contributed by atoms with E-state index in [4.69, 9.17) is 0 Å². The van der Waals surface area contributed by atoms with Crippen LogP contribution in [-0.2, 0) is 6.42 Å². The van der Waals surface area contributed by atoms with E-state index in [9.17, 15) is 4.79 Å². The van der Waals surface area contributed by atoms with Crippen LogP contribution in [0, 0.1) is 6.92 Å². The van der Waals surface area contributed by atoms with Crippen LogP contribution in [0.25, 0.3) is 10.9 Å². The second kappa shape index (κ2) is 5.74. The summed E-state index contributed by atoms with van der Waals surface area (Å²) in [5, 5.41) is 1.17. The fourth-order valence-corrected chi connectivity index (χ4v) is 3.44. The molecule has 0 bridgehead atoms. The van der Waals surface area contributed by atoms with Crippen molar-refractivity contribution in [3.63, 3.8) is 0 Å². The highest BCUT2D eigenvalue weighted by Gasteiger charge is 2.31. The molecule has 1 aromatic carbocycles. The first-order chi connectivity index (χ1) is 10.7. The number of carbonyl (C=O) groups is 1. The van der Waals surface area contributed by atoms with Gasteiger partial charge >= 0.3 is 6.03 Å². The normalized spacial score (nSPS) is 15.4. The molecule has 23 heavy (non-hydrogen) atoms. The number of nitrogens with one attached hydrogen (secondary N) is 1. The number of aryl methyl sites for hydroxylation is 1. The van der Waals surface area contributed by atoms with Crippen LogP contribution in [0.3, 0.4) is 0 Å². The second-order valence-corrected chi connectivity index (χ2v) is 5.82. The van der Waals surface area contributed by atoms with E-state index in [-0.39, 0.29) is 24.5 Å². The zero-order valence-electron chi connectivity index (χ0n) is 13.1. The van der Waals surface area contributed by atoms with Gasteiger partial charge in [-0.05, 0) is 25.5 Å². The Kier molecular flexibility index (Phi) is 3.90. The fraction of sp³-hybridized carbons (Fsp3) is 0.294. The van der Waals surface area contributed by atoms with E-state index in [1.807, 2.05) is 40.8 Å². The monoisotopic (exact) mass is 330 g/mol. The molecule has 1 amide bonds. The van der Waals surface area contributed by atoms with E-state index in [2.05, 4.69) is 23.0 Å². The van der Waals surface area contributed by atoms with Crippen molar-refractivity contribution < 1.29 is 4.79 Å². The molecule has 3 heterocycles. The lowest BCUT2D eigenvalue weighted by Gasteiger charge is -2.33. The van der Waals surface area contributed by atoms with E-state index >= 15 is 0 Å². The molecule has 3 aromatic rings. The van der Waals surface area contributed by atoms with Crippen LogP contribution < -0.4 is 0 Å². The van der Waals surface area contributed by atoms with E-state index in [0.717, 1.165) is 29.9 Å². The van der Waals surface area contributed by atoms with Gasteiger partial charge in [-0.15, -0.1) is 12.4 Å². The maximum Gasteiger partial charge on any atom is 0.329 e. The number of halogens is 1. The smallest absolute Gasteiger partial charge is 0.329 e. The third kappa shape index (κ3) is 2.23. The molecule has 0 saturated carbocycles. The number of nitrogens with zero attached hydrogens (tertiary/aromatic N) is 3. The highest BCUT2D eigenvalue weighted by atomic mass is 35.5. The predicted molar refractivity (Wildman–Crippen MR) is 92.1 cm³/mol. The lowest BCUT2D eigenvalue weighted by molar-refractivity contribution is 0.173. The number of benzene rings is 1. The average molecular weight is 331 g/mol. The minimum absolute atomic E-state index is 0. The number of carbonyl (C=O) groups excluding carboxylic acids is 1. The lowest BCUT2D eigenvalue weighted by Crippen LogP contribution is -2.43. The Morgan fingerprint density at radius 2 is 2.09 bits per heavy atom. The van der Waals surface area contributed by atoms with Gasteiger partial charge in [0.2, 0.25) is 0 Å². The zero-order chi connectivity index (χ0) is 15.3. The van der Waals surface area contributed by atoms with Crippen molar-refractivity contribution in [1.29, 1.82) is 0 Å². The van der Waals surface area contributed by atoms with Crippen LogP contribution in [0.2, 0.25) is 0 Å². The van der Waals surface area contributed by atoms with Crippen LogP contribution in [-0.4, -0.2) is 32.0 Å². The number of amides is 1. The molecule has 1 aliphatic rings. The Balaban J connectivity index is 0.00000156. The first-order valence-corrected chi connectivity index (χ1v) is 7.57. The average Bonchev–Trinajstić information content (AvgIpc) is 3.16. The number of aromatic amines is 1. The van der Waals surface area contributed by atoms with E-state index in [0.29, 0.717) is 0 Å². The predicted octanol–water partition coefficient (Wildman–Crippen LogP) is 3.68. The number of para-hydroxylation sites is 1. The van der Waals surface area contributed by atoms with E-state index < -0.39 is 0 Å². The Labute approximate surface area is 140 Å². The Morgan fingerprint density at radius 3 is 2.83 bits per heavy atom. The molecule has 0 saturated heterocycles. The summed E-state index contributed by atoms with van der Waals surface area (Å²) >= 11 is 0. The molecule has 1 aliphatic heterocycles. The van der Waals surface area contributed by atoms with E-state index in [1.165, 1.54) is 10.9 Å². The maximum absolute atomic E-state index is 13.0. The molecule has 1 N–H and O–H groups in total. The van der Waals surface area contributed by atoms with Gasteiger partial charge in [0.15, 0.2) is 0 Å². The maximum atomic E-state index is 13.0. The van der Waals surface area contributed by atoms with Gasteiger partial charge in [0.1, 0.15) is 0 Å². The largest absolute Gasteiger partial charge is 0.351 e. The summed E-state index contributed by atoms with van der Waals surface area (Å²) in [5.41, 5.74) is 4.25.